The molecule has 0 aliphatic heterocycles. The van der Waals surface area contributed by atoms with E-state index in [1.54, 1.807) is 6.08 Å². The number of methoxy groups -OCH3 is 1. The lowest BCUT2D eigenvalue weighted by molar-refractivity contribution is -0.247. The van der Waals surface area contributed by atoms with Gasteiger partial charge in [0.1, 0.15) is 11.7 Å². The topological polar surface area (TPSA) is 104 Å². The van der Waals surface area contributed by atoms with Gasteiger partial charge in [-0.25, -0.2) is 0 Å². The number of aliphatic hydroxyl groups is 1. The maximum Gasteiger partial charge on any atom is 0.312 e. The fraction of sp³-hybridized carbons (Fsp3) is 0.750. The second-order valence-electron chi connectivity index (χ2n) is 15.0. The molecule has 0 bridgehead atoms. The molecule has 1 unspecified atom stereocenters. The molecular formula is C32H41NO5. The fourth-order valence-corrected chi connectivity index (χ4v) is 10.6. The van der Waals surface area contributed by atoms with Crippen molar-refractivity contribution in [3.05, 3.63) is 23.3 Å². The Morgan fingerprint density at radius 3 is 2.26 bits per heavy atom. The molecule has 6 rings (SSSR count). The molecule has 0 heterocycles. The van der Waals surface area contributed by atoms with Crippen LogP contribution in [0.2, 0.25) is 0 Å². The van der Waals surface area contributed by atoms with Gasteiger partial charge in [-0.1, -0.05) is 40.7 Å². The Balaban J connectivity index is 1.57. The lowest BCUT2D eigenvalue weighted by atomic mass is 9.33. The Morgan fingerprint density at radius 2 is 1.66 bits per heavy atom. The van der Waals surface area contributed by atoms with E-state index in [0.29, 0.717) is 25.7 Å². The van der Waals surface area contributed by atoms with Crippen molar-refractivity contribution in [2.75, 3.05) is 7.11 Å². The number of Topliss-reactive ketones (excluding diaryl/α,β-unsaturated/α-hetero) is 1. The van der Waals surface area contributed by atoms with Crippen molar-refractivity contribution in [1.82, 2.24) is 0 Å². The van der Waals surface area contributed by atoms with Crippen molar-refractivity contribution in [3.8, 4) is 6.07 Å². The highest BCUT2D eigenvalue weighted by molar-refractivity contribution is 6.07. The maximum absolute atomic E-state index is 14.4. The molecule has 0 radical (unpaired) electrons. The lowest BCUT2D eigenvalue weighted by Gasteiger charge is -2.71. The first-order chi connectivity index (χ1) is 17.6. The summed E-state index contributed by atoms with van der Waals surface area (Å²) in [5, 5.41) is 22.8. The Bertz CT molecular complexity index is 1280. The van der Waals surface area contributed by atoms with Crippen LogP contribution in [-0.4, -0.2) is 35.4 Å². The largest absolute Gasteiger partial charge is 0.469 e. The van der Waals surface area contributed by atoms with Gasteiger partial charge in [-0.05, 0) is 86.2 Å². The normalized spacial score (nSPS) is 47.8. The first-order valence-electron chi connectivity index (χ1n) is 14.4. The van der Waals surface area contributed by atoms with E-state index < -0.39 is 38.6 Å². The second-order valence-corrected chi connectivity index (χ2v) is 15.0. The van der Waals surface area contributed by atoms with E-state index in [4.69, 9.17) is 4.74 Å². The van der Waals surface area contributed by atoms with Crippen molar-refractivity contribution in [1.29, 1.82) is 5.26 Å². The summed E-state index contributed by atoms with van der Waals surface area (Å²) in [7, 11) is 1.41. The number of hydrogen-bond donors (Lipinski definition) is 1. The van der Waals surface area contributed by atoms with Gasteiger partial charge in [0.2, 0.25) is 0 Å². The molecule has 0 aromatic carbocycles. The van der Waals surface area contributed by atoms with Gasteiger partial charge in [0.15, 0.2) is 11.6 Å². The molecule has 0 amide bonds. The molecule has 7 atom stereocenters. The molecule has 6 nitrogen and oxygen atoms in total. The van der Waals surface area contributed by atoms with Crippen molar-refractivity contribution >= 4 is 17.5 Å². The number of nitriles is 1. The summed E-state index contributed by atoms with van der Waals surface area (Å²) in [6.45, 7) is 10.7. The zero-order chi connectivity index (χ0) is 27.7. The van der Waals surface area contributed by atoms with Gasteiger partial charge in [-0.2, -0.15) is 5.26 Å². The Labute approximate surface area is 225 Å². The molecule has 38 heavy (non-hydrogen) atoms. The van der Waals surface area contributed by atoms with Crippen LogP contribution in [0.25, 0.3) is 0 Å². The predicted octanol–water partition coefficient (Wildman–Crippen LogP) is 5.25. The molecular weight excluding hydrogens is 478 g/mol. The van der Waals surface area contributed by atoms with Crippen molar-refractivity contribution in [2.24, 2.45) is 44.3 Å². The molecule has 6 aliphatic rings. The number of carbonyl (C=O) groups is 3. The fourth-order valence-electron chi connectivity index (χ4n) is 10.6. The number of hydrogen-bond acceptors (Lipinski definition) is 6. The first-order valence-corrected chi connectivity index (χ1v) is 14.4. The highest BCUT2D eigenvalue weighted by Crippen LogP contribution is 2.77. The number of esters is 1. The number of rotatable bonds is 1. The summed E-state index contributed by atoms with van der Waals surface area (Å²) in [4.78, 5) is 41.1. The molecule has 0 aromatic heterocycles. The minimum Gasteiger partial charge on any atom is -0.469 e. The molecule has 4 fully saturated rings. The number of nitrogens with zero attached hydrogens (tertiary/aromatic N) is 1. The quantitative estimate of drug-likeness (QED) is 0.475. The summed E-state index contributed by atoms with van der Waals surface area (Å²) < 4.78 is 5.35. The van der Waals surface area contributed by atoms with Crippen LogP contribution in [0.4, 0.5) is 0 Å². The van der Waals surface area contributed by atoms with Gasteiger partial charge in [0.25, 0.3) is 0 Å². The minimum atomic E-state index is -1.71. The third-order valence-corrected chi connectivity index (χ3v) is 13.1. The van der Waals surface area contributed by atoms with E-state index in [2.05, 4.69) is 40.7 Å². The summed E-state index contributed by atoms with van der Waals surface area (Å²) in [6.07, 6.45) is 9.83. The van der Waals surface area contributed by atoms with Crippen LogP contribution < -0.4 is 0 Å². The molecule has 1 spiro atoms. The van der Waals surface area contributed by atoms with Crippen molar-refractivity contribution in [2.45, 2.75) is 98.0 Å². The third kappa shape index (κ3) is 2.65. The third-order valence-electron chi connectivity index (χ3n) is 13.1. The number of fused-ring (bicyclic) bond motifs is 8. The number of carbonyl (C=O) groups excluding carboxylic acids is 3. The average molecular weight is 520 g/mol. The lowest BCUT2D eigenvalue weighted by Crippen LogP contribution is -2.74. The first kappa shape index (κ1) is 26.0. The summed E-state index contributed by atoms with van der Waals surface area (Å²) in [5.74, 6) is -1.14. The summed E-state index contributed by atoms with van der Waals surface area (Å²) in [5.41, 5.74) is -3.95. The monoisotopic (exact) mass is 519 g/mol. The molecule has 1 N–H and O–H groups in total. The van der Waals surface area contributed by atoms with Crippen LogP contribution in [0.1, 0.15) is 92.4 Å². The predicted molar refractivity (Wildman–Crippen MR) is 140 cm³/mol. The van der Waals surface area contributed by atoms with E-state index in [1.807, 2.05) is 6.08 Å². The van der Waals surface area contributed by atoms with Crippen molar-refractivity contribution in [3.63, 3.8) is 0 Å². The molecule has 0 saturated heterocycles. The van der Waals surface area contributed by atoms with Gasteiger partial charge in [-0.15, -0.1) is 0 Å². The molecule has 6 heteroatoms. The standard InChI is InChI=1S/C32H41NO5/c1-26(2)9-11-31(25(36)38-6)12-10-29(5)28(4)8-7-20-27(3,16-19(18-33)24(35)30(20)13-14-30)21(28)15-23(34)32(29,37)22(31)17-26/h15-16,20,22,37H,7-14,17H2,1-6H3/t20-,22?,27+,28-,29+,31+,32-/m1/s1. The van der Waals surface area contributed by atoms with Crippen LogP contribution >= 0.6 is 0 Å². The maximum atomic E-state index is 14.4. The van der Waals surface area contributed by atoms with E-state index in [9.17, 15) is 24.8 Å². The highest BCUT2D eigenvalue weighted by Gasteiger charge is 2.78. The molecule has 4 saturated carbocycles. The summed E-state index contributed by atoms with van der Waals surface area (Å²) >= 11 is 0. The van der Waals surface area contributed by atoms with Crippen LogP contribution in [0.15, 0.2) is 23.3 Å². The van der Waals surface area contributed by atoms with Gasteiger partial charge in [-0.3, -0.25) is 14.4 Å². The molecule has 204 valence electrons. The van der Waals surface area contributed by atoms with Crippen LogP contribution in [0.5, 0.6) is 0 Å². The Morgan fingerprint density at radius 1 is 1.00 bits per heavy atom. The molecule has 0 aromatic rings. The van der Waals surface area contributed by atoms with E-state index in [1.165, 1.54) is 7.11 Å². The zero-order valence-corrected chi connectivity index (χ0v) is 23.7. The minimum absolute atomic E-state index is 0.0264. The van der Waals surface area contributed by atoms with Gasteiger partial charge in [0, 0.05) is 22.2 Å². The number of ether oxygens (including phenoxy) is 1. The van der Waals surface area contributed by atoms with Crippen LogP contribution in [-0.2, 0) is 19.1 Å². The van der Waals surface area contributed by atoms with E-state index in [0.717, 1.165) is 37.7 Å². The second kappa shape index (κ2) is 7.27. The van der Waals surface area contributed by atoms with E-state index >= 15 is 0 Å². The van der Waals surface area contributed by atoms with Gasteiger partial charge in [0.05, 0.1) is 18.1 Å². The molecule has 6 aliphatic carbocycles. The van der Waals surface area contributed by atoms with Crippen LogP contribution in [0.3, 0.4) is 0 Å². The summed E-state index contributed by atoms with van der Waals surface area (Å²) in [6, 6.07) is 2.17. The van der Waals surface area contributed by atoms with E-state index in [-0.39, 0.29) is 34.4 Å². The smallest absolute Gasteiger partial charge is 0.312 e. The van der Waals surface area contributed by atoms with Gasteiger partial charge < -0.3 is 9.84 Å². The number of allylic oxidation sites excluding steroid dienone is 3. The van der Waals surface area contributed by atoms with Crippen molar-refractivity contribution < 1.29 is 24.2 Å². The highest BCUT2D eigenvalue weighted by atomic mass is 16.5. The Kier molecular flexibility index (Phi) is 4.97. The SMILES string of the molecule is COC(=O)[C@]12CCC(C)(C)CC1[C@@]1(O)C(=O)C=C3[C@@]4(C)C=C(C#N)C(=O)C5(CC5)[C@@H]4CC[C@@]3(C)[C@]1(C)CC2. The zero-order valence-electron chi connectivity index (χ0n) is 23.7. The van der Waals surface area contributed by atoms with Crippen LogP contribution in [0, 0.1) is 55.7 Å². The Hall–Kier alpha value is -2.26. The van der Waals surface area contributed by atoms with Gasteiger partial charge >= 0.3 is 5.97 Å². The average Bonchev–Trinajstić information content (AvgIpc) is 3.66. The number of ketones is 2.